The number of nitrogens with zero attached hydrogens (tertiary/aromatic N) is 1. The van der Waals surface area contributed by atoms with Crippen molar-refractivity contribution in [2.24, 2.45) is 5.92 Å². The van der Waals surface area contributed by atoms with Gasteiger partial charge in [0, 0.05) is 26.7 Å². The van der Waals surface area contributed by atoms with Gasteiger partial charge in [0.1, 0.15) is 0 Å². The Morgan fingerprint density at radius 2 is 2.18 bits per heavy atom. The number of likely N-dealkylation sites (N-methyl/N-ethyl adjacent to an activating group) is 1. The van der Waals surface area contributed by atoms with E-state index in [0.717, 1.165) is 19.5 Å². The lowest BCUT2D eigenvalue weighted by Gasteiger charge is -2.30. The Morgan fingerprint density at radius 3 is 2.65 bits per heavy atom. The molecule has 0 aliphatic carbocycles. The van der Waals surface area contributed by atoms with Gasteiger partial charge in [0.05, 0.1) is 6.04 Å². The summed E-state index contributed by atoms with van der Waals surface area (Å²) in [6, 6.07) is 0.409. The van der Waals surface area contributed by atoms with Gasteiger partial charge in [-0.25, -0.2) is 0 Å². The standard InChI is InChI=1S/C13H27N3O/c1-10(2)8-12(13(17)16(3)4)15-11-6-5-7-14-9-11/h10-12,14-15H,5-9H2,1-4H3. The van der Waals surface area contributed by atoms with Crippen molar-refractivity contribution in [1.82, 2.24) is 15.5 Å². The highest BCUT2D eigenvalue weighted by atomic mass is 16.2. The van der Waals surface area contributed by atoms with Crippen LogP contribution in [-0.2, 0) is 4.79 Å². The molecule has 0 bridgehead atoms. The van der Waals surface area contributed by atoms with Gasteiger partial charge < -0.3 is 15.5 Å². The van der Waals surface area contributed by atoms with Crippen LogP contribution in [0.25, 0.3) is 0 Å². The maximum Gasteiger partial charge on any atom is 0.239 e. The first-order chi connectivity index (χ1) is 8.00. The van der Waals surface area contributed by atoms with Crippen molar-refractivity contribution >= 4 is 5.91 Å². The summed E-state index contributed by atoms with van der Waals surface area (Å²) in [6.07, 6.45) is 3.28. The number of rotatable bonds is 5. The Labute approximate surface area is 105 Å². The average molecular weight is 241 g/mol. The van der Waals surface area contributed by atoms with Gasteiger partial charge in [-0.1, -0.05) is 13.8 Å². The molecule has 1 heterocycles. The van der Waals surface area contributed by atoms with E-state index in [0.29, 0.717) is 12.0 Å². The summed E-state index contributed by atoms with van der Waals surface area (Å²) in [7, 11) is 3.66. The zero-order chi connectivity index (χ0) is 12.8. The first kappa shape index (κ1) is 14.5. The molecule has 2 N–H and O–H groups in total. The molecule has 0 spiro atoms. The number of hydrogen-bond acceptors (Lipinski definition) is 3. The lowest BCUT2D eigenvalue weighted by atomic mass is 10.00. The number of piperidine rings is 1. The van der Waals surface area contributed by atoms with E-state index in [1.165, 1.54) is 12.8 Å². The summed E-state index contributed by atoms with van der Waals surface area (Å²) in [6.45, 7) is 6.41. The normalized spacial score (nSPS) is 22.5. The molecule has 100 valence electrons. The van der Waals surface area contributed by atoms with Crippen LogP contribution < -0.4 is 10.6 Å². The second kappa shape index (κ2) is 6.97. The van der Waals surface area contributed by atoms with E-state index in [4.69, 9.17) is 0 Å². The van der Waals surface area contributed by atoms with Crippen LogP contribution >= 0.6 is 0 Å². The van der Waals surface area contributed by atoms with Gasteiger partial charge in [-0.05, 0) is 31.7 Å². The molecule has 1 aliphatic heterocycles. The number of carbonyl (C=O) groups excluding carboxylic acids is 1. The van der Waals surface area contributed by atoms with Crippen molar-refractivity contribution < 1.29 is 4.79 Å². The molecule has 4 nitrogen and oxygen atoms in total. The molecule has 17 heavy (non-hydrogen) atoms. The van der Waals surface area contributed by atoms with Crippen LogP contribution in [0.1, 0.15) is 33.1 Å². The quantitative estimate of drug-likeness (QED) is 0.749. The Hall–Kier alpha value is -0.610. The highest BCUT2D eigenvalue weighted by Crippen LogP contribution is 2.10. The number of amides is 1. The highest BCUT2D eigenvalue weighted by molar-refractivity contribution is 5.81. The number of carbonyl (C=O) groups is 1. The molecule has 0 aromatic rings. The van der Waals surface area contributed by atoms with E-state index in [2.05, 4.69) is 24.5 Å². The smallest absolute Gasteiger partial charge is 0.239 e. The van der Waals surface area contributed by atoms with Gasteiger partial charge in [0.2, 0.25) is 5.91 Å². The summed E-state index contributed by atoms with van der Waals surface area (Å²) in [4.78, 5) is 13.8. The van der Waals surface area contributed by atoms with Gasteiger partial charge in [0.15, 0.2) is 0 Å². The van der Waals surface area contributed by atoms with E-state index in [1.807, 2.05) is 14.1 Å². The van der Waals surface area contributed by atoms with E-state index < -0.39 is 0 Å². The second-order valence-electron chi connectivity index (χ2n) is 5.62. The van der Waals surface area contributed by atoms with Gasteiger partial charge in [-0.3, -0.25) is 4.79 Å². The molecular formula is C13H27N3O. The van der Waals surface area contributed by atoms with E-state index in [-0.39, 0.29) is 11.9 Å². The lowest BCUT2D eigenvalue weighted by molar-refractivity contribution is -0.131. The van der Waals surface area contributed by atoms with E-state index in [9.17, 15) is 4.79 Å². The first-order valence-electron chi connectivity index (χ1n) is 6.68. The zero-order valence-corrected chi connectivity index (χ0v) is 11.6. The van der Waals surface area contributed by atoms with Crippen molar-refractivity contribution in [3.05, 3.63) is 0 Å². The maximum atomic E-state index is 12.1. The van der Waals surface area contributed by atoms with Crippen molar-refractivity contribution in [2.75, 3.05) is 27.2 Å². The number of hydrogen-bond donors (Lipinski definition) is 2. The fraction of sp³-hybridized carbons (Fsp3) is 0.923. The third kappa shape index (κ3) is 5.04. The minimum atomic E-state index is -0.0325. The Balaban J connectivity index is 2.52. The van der Waals surface area contributed by atoms with Crippen LogP contribution in [0.2, 0.25) is 0 Å². The Morgan fingerprint density at radius 1 is 1.47 bits per heavy atom. The molecule has 1 saturated heterocycles. The largest absolute Gasteiger partial charge is 0.347 e. The molecule has 0 aromatic heterocycles. The molecule has 1 fully saturated rings. The van der Waals surface area contributed by atoms with Crippen molar-refractivity contribution in [3.8, 4) is 0 Å². The van der Waals surface area contributed by atoms with Gasteiger partial charge in [-0.2, -0.15) is 0 Å². The van der Waals surface area contributed by atoms with Crippen LogP contribution in [-0.4, -0.2) is 50.1 Å². The minimum absolute atomic E-state index is 0.0325. The first-order valence-corrected chi connectivity index (χ1v) is 6.68. The van der Waals surface area contributed by atoms with E-state index >= 15 is 0 Å². The second-order valence-corrected chi connectivity index (χ2v) is 5.62. The predicted octanol–water partition coefficient (Wildman–Crippen LogP) is 0.831. The summed E-state index contributed by atoms with van der Waals surface area (Å²) >= 11 is 0. The maximum absolute atomic E-state index is 12.1. The van der Waals surface area contributed by atoms with Crippen molar-refractivity contribution in [3.63, 3.8) is 0 Å². The molecule has 2 atom stereocenters. The average Bonchev–Trinajstić information content (AvgIpc) is 2.28. The summed E-state index contributed by atoms with van der Waals surface area (Å²) in [5.41, 5.74) is 0. The van der Waals surface area contributed by atoms with Crippen LogP contribution in [0.5, 0.6) is 0 Å². The molecule has 1 amide bonds. The summed E-state index contributed by atoms with van der Waals surface area (Å²) < 4.78 is 0. The number of nitrogens with one attached hydrogen (secondary N) is 2. The van der Waals surface area contributed by atoms with Crippen LogP contribution in [0.3, 0.4) is 0 Å². The minimum Gasteiger partial charge on any atom is -0.347 e. The fourth-order valence-corrected chi connectivity index (χ4v) is 2.30. The van der Waals surface area contributed by atoms with Gasteiger partial charge in [0.25, 0.3) is 0 Å². The molecule has 4 heteroatoms. The topological polar surface area (TPSA) is 44.4 Å². The van der Waals surface area contributed by atoms with Gasteiger partial charge >= 0.3 is 0 Å². The van der Waals surface area contributed by atoms with E-state index in [1.54, 1.807) is 4.90 Å². The molecule has 1 aliphatic rings. The van der Waals surface area contributed by atoms with Crippen LogP contribution in [0.15, 0.2) is 0 Å². The monoisotopic (exact) mass is 241 g/mol. The van der Waals surface area contributed by atoms with Gasteiger partial charge in [-0.15, -0.1) is 0 Å². The Bertz CT molecular complexity index is 235. The third-order valence-electron chi connectivity index (χ3n) is 3.18. The lowest BCUT2D eigenvalue weighted by Crippen LogP contribution is -2.52. The molecule has 2 unspecified atom stereocenters. The summed E-state index contributed by atoms with van der Waals surface area (Å²) in [5.74, 6) is 0.734. The zero-order valence-electron chi connectivity index (χ0n) is 11.6. The molecule has 0 saturated carbocycles. The Kier molecular flexibility index (Phi) is 5.92. The molecule has 0 aromatic carbocycles. The molecule has 1 rings (SSSR count). The van der Waals surface area contributed by atoms with Crippen LogP contribution in [0.4, 0.5) is 0 Å². The molecule has 0 radical (unpaired) electrons. The third-order valence-corrected chi connectivity index (χ3v) is 3.18. The highest BCUT2D eigenvalue weighted by Gasteiger charge is 2.24. The molecular weight excluding hydrogens is 214 g/mol. The summed E-state index contributed by atoms with van der Waals surface area (Å²) in [5, 5.41) is 6.89. The predicted molar refractivity (Wildman–Crippen MR) is 71.0 cm³/mol. The van der Waals surface area contributed by atoms with Crippen LogP contribution in [0, 0.1) is 5.92 Å². The fourth-order valence-electron chi connectivity index (χ4n) is 2.30. The van der Waals surface area contributed by atoms with Crippen molar-refractivity contribution in [2.45, 2.75) is 45.2 Å². The SMILES string of the molecule is CC(C)CC(NC1CCCNC1)C(=O)N(C)C. The van der Waals surface area contributed by atoms with Crippen molar-refractivity contribution in [1.29, 1.82) is 0 Å².